The van der Waals surface area contributed by atoms with E-state index in [0.717, 1.165) is 16.9 Å². The number of rotatable bonds is 5. The Balaban J connectivity index is 2.02. The van der Waals surface area contributed by atoms with Crippen molar-refractivity contribution >= 4 is 15.9 Å². The highest BCUT2D eigenvalue weighted by Crippen LogP contribution is 2.29. The van der Waals surface area contributed by atoms with Crippen LogP contribution in [0.25, 0.3) is 0 Å². The number of nitrogens with one attached hydrogen (secondary N) is 1. The second kappa shape index (κ2) is 5.30. The minimum absolute atomic E-state index is 0.289. The van der Waals surface area contributed by atoms with Gasteiger partial charge in [-0.05, 0) is 49.4 Å². The van der Waals surface area contributed by atoms with E-state index >= 15 is 0 Å². The Labute approximate surface area is 106 Å². The lowest BCUT2D eigenvalue weighted by atomic mass is 10.1. The molecule has 3 N–H and O–H groups in total. The standard InChI is InChI=1S/C13H19BrN2/c1-9-2-5-11(6-12(9)14)13(7-15)16-8-10-3-4-10/h2,5-6,10,13,16H,3-4,7-8,15H2,1H3. The van der Waals surface area contributed by atoms with E-state index in [1.54, 1.807) is 0 Å². The molecule has 1 fully saturated rings. The minimum atomic E-state index is 0.289. The summed E-state index contributed by atoms with van der Waals surface area (Å²) < 4.78 is 1.16. The largest absolute Gasteiger partial charge is 0.329 e. The molecule has 0 heterocycles. The fourth-order valence-corrected chi connectivity index (χ4v) is 2.19. The maximum atomic E-state index is 5.82. The first-order chi connectivity index (χ1) is 7.70. The third-order valence-electron chi connectivity index (χ3n) is 3.18. The van der Waals surface area contributed by atoms with Crippen molar-refractivity contribution in [3.8, 4) is 0 Å². The molecular formula is C13H19BrN2. The topological polar surface area (TPSA) is 38.0 Å². The SMILES string of the molecule is Cc1ccc(C(CN)NCC2CC2)cc1Br. The van der Waals surface area contributed by atoms with Crippen LogP contribution in [0.4, 0.5) is 0 Å². The second-order valence-corrected chi connectivity index (χ2v) is 5.50. The van der Waals surface area contributed by atoms with E-state index < -0.39 is 0 Å². The lowest BCUT2D eigenvalue weighted by Gasteiger charge is -2.18. The Kier molecular flexibility index (Phi) is 4.00. The normalized spacial score (nSPS) is 17.4. The molecule has 0 radical (unpaired) electrons. The van der Waals surface area contributed by atoms with Gasteiger partial charge < -0.3 is 11.1 Å². The smallest absolute Gasteiger partial charge is 0.0445 e. The zero-order valence-corrected chi connectivity index (χ0v) is 11.3. The number of hydrogen-bond donors (Lipinski definition) is 2. The third kappa shape index (κ3) is 3.06. The molecule has 0 aliphatic heterocycles. The second-order valence-electron chi connectivity index (χ2n) is 4.65. The van der Waals surface area contributed by atoms with Crippen LogP contribution >= 0.6 is 15.9 Å². The quantitative estimate of drug-likeness (QED) is 0.872. The van der Waals surface area contributed by atoms with E-state index in [-0.39, 0.29) is 6.04 Å². The Hall–Kier alpha value is -0.380. The molecule has 1 aliphatic rings. The molecule has 0 aromatic heterocycles. The lowest BCUT2D eigenvalue weighted by molar-refractivity contribution is 0.522. The van der Waals surface area contributed by atoms with Crippen molar-refractivity contribution in [3.05, 3.63) is 33.8 Å². The first-order valence-corrected chi connectivity index (χ1v) is 6.69. The first kappa shape index (κ1) is 12.1. The summed E-state index contributed by atoms with van der Waals surface area (Å²) in [4.78, 5) is 0. The van der Waals surface area contributed by atoms with Crippen molar-refractivity contribution in [1.29, 1.82) is 0 Å². The Bertz CT molecular complexity index is 361. The summed E-state index contributed by atoms with van der Waals surface area (Å²) in [7, 11) is 0. The monoisotopic (exact) mass is 282 g/mol. The van der Waals surface area contributed by atoms with Gasteiger partial charge in [-0.25, -0.2) is 0 Å². The third-order valence-corrected chi connectivity index (χ3v) is 4.04. The molecule has 1 unspecified atom stereocenters. The number of hydrogen-bond acceptors (Lipinski definition) is 2. The Morgan fingerprint density at radius 2 is 2.25 bits per heavy atom. The van der Waals surface area contributed by atoms with Gasteiger partial charge in [-0.15, -0.1) is 0 Å². The molecule has 0 amide bonds. The van der Waals surface area contributed by atoms with Gasteiger partial charge >= 0.3 is 0 Å². The average Bonchev–Trinajstić information content (AvgIpc) is 3.08. The Morgan fingerprint density at radius 1 is 1.50 bits per heavy atom. The average molecular weight is 283 g/mol. The molecule has 1 aromatic carbocycles. The highest BCUT2D eigenvalue weighted by Gasteiger charge is 2.22. The Morgan fingerprint density at radius 3 is 2.81 bits per heavy atom. The van der Waals surface area contributed by atoms with Crippen molar-refractivity contribution in [2.75, 3.05) is 13.1 Å². The molecule has 0 saturated heterocycles. The van der Waals surface area contributed by atoms with Crippen molar-refractivity contribution in [3.63, 3.8) is 0 Å². The van der Waals surface area contributed by atoms with Crippen LogP contribution in [0.3, 0.4) is 0 Å². The zero-order chi connectivity index (χ0) is 11.5. The predicted octanol–water partition coefficient (Wildman–Crippen LogP) is 2.76. The van der Waals surface area contributed by atoms with Crippen LogP contribution in [0.1, 0.15) is 30.0 Å². The summed E-state index contributed by atoms with van der Waals surface area (Å²) in [6, 6.07) is 6.77. The summed E-state index contributed by atoms with van der Waals surface area (Å²) in [5, 5.41) is 3.55. The van der Waals surface area contributed by atoms with Gasteiger partial charge in [-0.1, -0.05) is 28.1 Å². The van der Waals surface area contributed by atoms with Gasteiger partial charge in [0.15, 0.2) is 0 Å². The van der Waals surface area contributed by atoms with Crippen LogP contribution in [-0.2, 0) is 0 Å². The summed E-state index contributed by atoms with van der Waals surface area (Å²) in [5.41, 5.74) is 8.37. The van der Waals surface area contributed by atoms with Gasteiger partial charge in [0.1, 0.15) is 0 Å². The molecule has 2 nitrogen and oxygen atoms in total. The van der Waals surface area contributed by atoms with Crippen molar-refractivity contribution in [1.82, 2.24) is 5.32 Å². The summed E-state index contributed by atoms with van der Waals surface area (Å²) in [6.45, 7) is 3.86. The molecule has 16 heavy (non-hydrogen) atoms. The van der Waals surface area contributed by atoms with Crippen LogP contribution in [0.5, 0.6) is 0 Å². The van der Waals surface area contributed by atoms with Crippen molar-refractivity contribution in [2.45, 2.75) is 25.8 Å². The van der Waals surface area contributed by atoms with E-state index in [1.807, 2.05) is 0 Å². The van der Waals surface area contributed by atoms with Crippen molar-refractivity contribution < 1.29 is 0 Å². The molecule has 1 aliphatic carbocycles. The molecule has 1 saturated carbocycles. The van der Waals surface area contributed by atoms with Crippen LogP contribution < -0.4 is 11.1 Å². The van der Waals surface area contributed by atoms with Gasteiger partial charge in [0.25, 0.3) is 0 Å². The molecule has 3 heteroatoms. The maximum absolute atomic E-state index is 5.82. The first-order valence-electron chi connectivity index (χ1n) is 5.90. The van der Waals surface area contributed by atoms with Crippen LogP contribution in [0.15, 0.2) is 22.7 Å². The van der Waals surface area contributed by atoms with Crippen LogP contribution in [0, 0.1) is 12.8 Å². The van der Waals surface area contributed by atoms with Crippen LogP contribution in [-0.4, -0.2) is 13.1 Å². The number of halogens is 1. The van der Waals surface area contributed by atoms with E-state index in [2.05, 4.69) is 46.4 Å². The molecule has 2 rings (SSSR count). The molecule has 0 spiro atoms. The van der Waals surface area contributed by atoms with E-state index in [0.29, 0.717) is 6.54 Å². The van der Waals surface area contributed by atoms with Gasteiger partial charge in [-0.2, -0.15) is 0 Å². The summed E-state index contributed by atoms with van der Waals surface area (Å²) in [6.07, 6.45) is 2.75. The lowest BCUT2D eigenvalue weighted by Crippen LogP contribution is -2.29. The van der Waals surface area contributed by atoms with Gasteiger partial charge in [0.2, 0.25) is 0 Å². The van der Waals surface area contributed by atoms with Gasteiger partial charge in [0.05, 0.1) is 0 Å². The van der Waals surface area contributed by atoms with Gasteiger partial charge in [-0.3, -0.25) is 0 Å². The van der Waals surface area contributed by atoms with Crippen molar-refractivity contribution in [2.24, 2.45) is 11.7 Å². The van der Waals surface area contributed by atoms with E-state index in [1.165, 1.54) is 24.0 Å². The highest BCUT2D eigenvalue weighted by atomic mass is 79.9. The highest BCUT2D eigenvalue weighted by molar-refractivity contribution is 9.10. The molecule has 0 bridgehead atoms. The van der Waals surface area contributed by atoms with E-state index in [4.69, 9.17) is 5.73 Å². The molecular weight excluding hydrogens is 264 g/mol. The molecule has 1 atom stereocenters. The minimum Gasteiger partial charge on any atom is -0.329 e. The van der Waals surface area contributed by atoms with Crippen LogP contribution in [0.2, 0.25) is 0 Å². The van der Waals surface area contributed by atoms with Gasteiger partial charge in [0, 0.05) is 17.1 Å². The summed E-state index contributed by atoms with van der Waals surface area (Å²) >= 11 is 3.57. The zero-order valence-electron chi connectivity index (χ0n) is 9.67. The fourth-order valence-electron chi connectivity index (χ4n) is 1.79. The van der Waals surface area contributed by atoms with E-state index in [9.17, 15) is 0 Å². The number of nitrogens with two attached hydrogens (primary N) is 1. The molecule has 1 aromatic rings. The predicted molar refractivity (Wildman–Crippen MR) is 71.4 cm³/mol. The maximum Gasteiger partial charge on any atom is 0.0445 e. The number of aryl methyl sites for hydroxylation is 1. The summed E-state index contributed by atoms with van der Waals surface area (Å²) in [5.74, 6) is 0.892. The fraction of sp³-hybridized carbons (Fsp3) is 0.538. The number of benzene rings is 1. The molecule has 88 valence electrons.